The Morgan fingerprint density at radius 1 is 1.00 bits per heavy atom. The number of alkyl halides is 3. The highest BCUT2D eigenvalue weighted by Crippen LogP contribution is 2.36. The van der Waals surface area contributed by atoms with Gasteiger partial charge in [-0.05, 0) is 53.9 Å². The smallest absolute Gasteiger partial charge is 0.406 e. The van der Waals surface area contributed by atoms with Crippen LogP contribution in [0.25, 0.3) is 33.5 Å². The van der Waals surface area contributed by atoms with Gasteiger partial charge in [-0.2, -0.15) is 13.2 Å². The van der Waals surface area contributed by atoms with E-state index >= 15 is 0 Å². The molecule has 0 fully saturated rings. The summed E-state index contributed by atoms with van der Waals surface area (Å²) < 4.78 is 54.8. The summed E-state index contributed by atoms with van der Waals surface area (Å²) in [5, 5.41) is 9.22. The zero-order chi connectivity index (χ0) is 22.3. The maximum atomic E-state index is 13.6. The Hall–Kier alpha value is -3.68. The van der Waals surface area contributed by atoms with Gasteiger partial charge < -0.3 is 9.67 Å². The number of nitrogens with zero attached hydrogens (tertiary/aromatic N) is 2. The Bertz CT molecular complexity index is 1310. The maximum Gasteiger partial charge on any atom is 0.406 e. The van der Waals surface area contributed by atoms with Crippen molar-refractivity contribution in [3.05, 3.63) is 77.6 Å². The Kier molecular flexibility index (Phi) is 5.00. The van der Waals surface area contributed by atoms with Crippen molar-refractivity contribution in [1.29, 1.82) is 0 Å². The van der Waals surface area contributed by atoms with Crippen molar-refractivity contribution in [2.75, 3.05) is 0 Å². The SMILES string of the molecule is Cc1cc(F)ccc1-c1ccccc1-c1nc2cc(C(=O)O)ccc2n1CC(F)(F)F. The van der Waals surface area contributed by atoms with Crippen LogP contribution in [0.4, 0.5) is 17.6 Å². The molecule has 8 heteroatoms. The summed E-state index contributed by atoms with van der Waals surface area (Å²) in [6, 6.07) is 14.8. The fourth-order valence-electron chi connectivity index (χ4n) is 3.65. The molecular weight excluding hydrogens is 412 g/mol. The van der Waals surface area contributed by atoms with Crippen LogP contribution in [0.1, 0.15) is 15.9 Å². The standard InChI is InChI=1S/C23H16F4N2O2/c1-13-10-15(24)7-8-16(13)17-4-2-3-5-18(17)21-28-19-11-14(22(30)31)6-9-20(19)29(21)12-23(25,26)27/h2-11H,12H2,1H3,(H,30,31). The van der Waals surface area contributed by atoms with Crippen LogP contribution in [0.3, 0.4) is 0 Å². The van der Waals surface area contributed by atoms with Crippen LogP contribution in [0.15, 0.2) is 60.7 Å². The monoisotopic (exact) mass is 428 g/mol. The highest BCUT2D eigenvalue weighted by Gasteiger charge is 2.31. The summed E-state index contributed by atoms with van der Waals surface area (Å²) >= 11 is 0. The van der Waals surface area contributed by atoms with Gasteiger partial charge in [-0.25, -0.2) is 14.2 Å². The molecule has 0 unspecified atom stereocenters. The molecule has 0 aliphatic heterocycles. The summed E-state index contributed by atoms with van der Waals surface area (Å²) in [7, 11) is 0. The molecule has 0 spiro atoms. The van der Waals surface area contributed by atoms with Crippen molar-refractivity contribution in [3.63, 3.8) is 0 Å². The van der Waals surface area contributed by atoms with E-state index in [1.165, 1.54) is 30.3 Å². The quantitative estimate of drug-likeness (QED) is 0.401. The number of rotatable bonds is 4. The number of benzene rings is 3. The van der Waals surface area contributed by atoms with Crippen LogP contribution < -0.4 is 0 Å². The van der Waals surface area contributed by atoms with Crippen molar-refractivity contribution in [2.24, 2.45) is 0 Å². The van der Waals surface area contributed by atoms with E-state index in [-0.39, 0.29) is 22.4 Å². The average Bonchev–Trinajstić information content (AvgIpc) is 3.04. The number of imidazole rings is 1. The van der Waals surface area contributed by atoms with E-state index in [9.17, 15) is 27.5 Å². The second-order valence-electron chi connectivity index (χ2n) is 7.15. The number of aromatic carboxylic acids is 1. The Labute approximate surface area is 174 Å². The first-order valence-electron chi connectivity index (χ1n) is 9.30. The molecule has 0 radical (unpaired) electrons. The van der Waals surface area contributed by atoms with Crippen molar-refractivity contribution in [3.8, 4) is 22.5 Å². The number of carboxylic acid groups (broad SMARTS) is 1. The lowest BCUT2D eigenvalue weighted by Crippen LogP contribution is -2.18. The van der Waals surface area contributed by atoms with Gasteiger partial charge >= 0.3 is 12.1 Å². The molecule has 1 N–H and O–H groups in total. The number of aromatic nitrogens is 2. The second-order valence-corrected chi connectivity index (χ2v) is 7.15. The molecule has 0 aliphatic rings. The third kappa shape index (κ3) is 4.01. The van der Waals surface area contributed by atoms with Gasteiger partial charge in [0.15, 0.2) is 0 Å². The minimum Gasteiger partial charge on any atom is -0.478 e. The first-order valence-corrected chi connectivity index (χ1v) is 9.30. The van der Waals surface area contributed by atoms with Crippen LogP contribution in [0, 0.1) is 12.7 Å². The summed E-state index contributed by atoms with van der Waals surface area (Å²) in [5.41, 5.74) is 2.55. The van der Waals surface area contributed by atoms with Gasteiger partial charge in [0, 0.05) is 5.56 Å². The Morgan fingerprint density at radius 2 is 1.71 bits per heavy atom. The molecule has 0 bridgehead atoms. The normalized spacial score (nSPS) is 11.8. The van der Waals surface area contributed by atoms with Crippen LogP contribution >= 0.6 is 0 Å². The first-order chi connectivity index (χ1) is 14.6. The van der Waals surface area contributed by atoms with E-state index in [4.69, 9.17) is 0 Å². The van der Waals surface area contributed by atoms with Gasteiger partial charge in [0.2, 0.25) is 0 Å². The van der Waals surface area contributed by atoms with Crippen LogP contribution in [0.2, 0.25) is 0 Å². The number of hydrogen-bond acceptors (Lipinski definition) is 2. The molecule has 31 heavy (non-hydrogen) atoms. The Morgan fingerprint density at radius 3 is 2.35 bits per heavy atom. The largest absolute Gasteiger partial charge is 0.478 e. The first kappa shape index (κ1) is 20.6. The number of fused-ring (bicyclic) bond motifs is 1. The van der Waals surface area contributed by atoms with E-state index in [1.807, 2.05) is 0 Å². The molecule has 1 heterocycles. The predicted octanol–water partition coefficient (Wildman–Crippen LogP) is 6.08. The van der Waals surface area contributed by atoms with Gasteiger partial charge in [0.1, 0.15) is 18.2 Å². The molecule has 4 aromatic rings. The predicted molar refractivity (Wildman–Crippen MR) is 108 cm³/mol. The highest BCUT2D eigenvalue weighted by molar-refractivity contribution is 5.94. The molecule has 1 aromatic heterocycles. The molecule has 0 saturated carbocycles. The number of hydrogen-bond donors (Lipinski definition) is 1. The second kappa shape index (κ2) is 7.54. The number of carboxylic acids is 1. The molecule has 0 saturated heterocycles. The van der Waals surface area contributed by atoms with Crippen LogP contribution in [-0.4, -0.2) is 26.8 Å². The topological polar surface area (TPSA) is 55.1 Å². The van der Waals surface area contributed by atoms with Gasteiger partial charge in [0.05, 0.1) is 16.6 Å². The average molecular weight is 428 g/mol. The fraction of sp³-hybridized carbons (Fsp3) is 0.130. The van der Waals surface area contributed by atoms with Gasteiger partial charge in [-0.15, -0.1) is 0 Å². The van der Waals surface area contributed by atoms with Gasteiger partial charge in [0.25, 0.3) is 0 Å². The molecule has 158 valence electrons. The summed E-state index contributed by atoms with van der Waals surface area (Å²) in [4.78, 5) is 15.7. The highest BCUT2D eigenvalue weighted by atomic mass is 19.4. The molecule has 3 aromatic carbocycles. The fourth-order valence-corrected chi connectivity index (χ4v) is 3.65. The third-order valence-corrected chi connectivity index (χ3v) is 4.98. The van der Waals surface area contributed by atoms with E-state index in [1.54, 1.807) is 37.3 Å². The molecule has 0 aliphatic carbocycles. The maximum absolute atomic E-state index is 13.6. The number of halogens is 4. The van der Waals surface area contributed by atoms with Gasteiger partial charge in [-0.1, -0.05) is 30.3 Å². The van der Waals surface area contributed by atoms with E-state index in [0.717, 1.165) is 4.57 Å². The molecule has 0 atom stereocenters. The number of carbonyl (C=O) groups is 1. The molecule has 4 rings (SSSR count). The summed E-state index contributed by atoms with van der Waals surface area (Å²) in [6.07, 6.45) is -4.52. The van der Waals surface area contributed by atoms with E-state index in [2.05, 4.69) is 4.98 Å². The zero-order valence-corrected chi connectivity index (χ0v) is 16.2. The van der Waals surface area contributed by atoms with Crippen molar-refractivity contribution in [1.82, 2.24) is 9.55 Å². The molecule has 0 amide bonds. The van der Waals surface area contributed by atoms with E-state index < -0.39 is 24.5 Å². The summed E-state index contributed by atoms with van der Waals surface area (Å²) in [6.45, 7) is 0.426. The van der Waals surface area contributed by atoms with Crippen molar-refractivity contribution < 1.29 is 27.5 Å². The lowest BCUT2D eigenvalue weighted by molar-refractivity contribution is -0.139. The molecule has 4 nitrogen and oxygen atoms in total. The van der Waals surface area contributed by atoms with Crippen molar-refractivity contribution in [2.45, 2.75) is 19.6 Å². The lowest BCUT2D eigenvalue weighted by Gasteiger charge is -2.15. The van der Waals surface area contributed by atoms with Gasteiger partial charge in [-0.3, -0.25) is 0 Å². The third-order valence-electron chi connectivity index (χ3n) is 4.98. The zero-order valence-electron chi connectivity index (χ0n) is 16.2. The number of aryl methyl sites for hydroxylation is 1. The van der Waals surface area contributed by atoms with Crippen molar-refractivity contribution >= 4 is 17.0 Å². The Balaban J connectivity index is 2.00. The van der Waals surface area contributed by atoms with Crippen LogP contribution in [-0.2, 0) is 6.54 Å². The molecular formula is C23H16F4N2O2. The summed E-state index contributed by atoms with van der Waals surface area (Å²) in [5.74, 6) is -1.56. The lowest BCUT2D eigenvalue weighted by atomic mass is 9.95. The van der Waals surface area contributed by atoms with Crippen LogP contribution in [0.5, 0.6) is 0 Å². The minimum absolute atomic E-state index is 0.0502. The minimum atomic E-state index is -4.52. The van der Waals surface area contributed by atoms with E-state index in [0.29, 0.717) is 22.3 Å².